The van der Waals surface area contributed by atoms with E-state index in [1.807, 2.05) is 0 Å². The van der Waals surface area contributed by atoms with E-state index in [0.29, 0.717) is 0 Å². The fourth-order valence-corrected chi connectivity index (χ4v) is 9.38. The van der Waals surface area contributed by atoms with Gasteiger partial charge in [0.15, 0.2) is 48.9 Å². The normalized spacial score (nSPS) is 44.1. The number of aromatic hydroxyl groups is 4. The van der Waals surface area contributed by atoms with Crippen molar-refractivity contribution in [1.82, 2.24) is 0 Å². The fraction of sp³-hybridized carbons (Fsp3) is 0.711. The number of phenolic OH excluding ortho intramolecular Hbond substituents is 4. The average molecular weight is 1130 g/mol. The first-order chi connectivity index (χ1) is 36.8. The van der Waals surface area contributed by atoms with Crippen LogP contribution < -0.4 is 9.47 Å². The zero-order valence-electron chi connectivity index (χ0n) is 40.2. The predicted molar refractivity (Wildman–Crippen MR) is 238 cm³/mol. The van der Waals surface area contributed by atoms with Crippen LogP contribution in [-0.4, -0.2) is 306 Å². The minimum atomic E-state index is -2.10. The summed E-state index contributed by atoms with van der Waals surface area (Å²) >= 11 is 0. The summed E-state index contributed by atoms with van der Waals surface area (Å²) in [6, 6.07) is 3.57. The number of rotatable bonds is 16. The van der Waals surface area contributed by atoms with Gasteiger partial charge in [0.25, 0.3) is 0 Å². The Balaban J connectivity index is 0.856. The molecule has 0 bridgehead atoms. The molecular formula is C45H62O33. The number of Topliss-reactive ketones (excluding diaryl/α,β-unsaturated/α-hetero) is 1. The molecule has 2 aromatic rings. The topological polar surface area (TPSA) is 543 Å². The molecule has 2 aromatic carbocycles. The molecular weight excluding hydrogens is 1070 g/mol. The number of aliphatic hydroxyl groups is 17. The highest BCUT2D eigenvalue weighted by atomic mass is 16.8. The third-order valence-electron chi connectivity index (χ3n) is 14.0. The van der Waals surface area contributed by atoms with E-state index in [0.717, 1.165) is 24.3 Å². The van der Waals surface area contributed by atoms with Gasteiger partial charge in [-0.25, -0.2) is 0 Å². The summed E-state index contributed by atoms with van der Waals surface area (Å²) in [7, 11) is 0. The molecule has 440 valence electrons. The Morgan fingerprint density at radius 1 is 0.397 bits per heavy atom. The standard InChI is InChI=1S/C45H62O33/c46-5-16-22(51)28(57)34(63)41(73-16)68-6-17-23(52)29(58)35(64)42(74-17)69-7-18-24(53)30(59)36(65)43(75-18)70-8-19-25(54)31(60)37(66)44(76-19)71-9-20-26(55)32(61)38(67)45(77-20)78-40-13(49)1-10(2-14(40)50)39-33(62)27(56)21-12(48)3-11(47)4-15(21)72-39/h1-4,16-20,22-26,28-39,41-55,57-67H,5-9H2/t16-,17-,18-,19-,20-,22-,23-,24-,25-,26-,28+,29+,30+,31+,32+,33-,34-,35-,36-,37-,38-,39+,41+,42+,43+,44+,45-/m0/s1. The summed E-state index contributed by atoms with van der Waals surface area (Å²) in [5.41, 5.74) is -0.676. The number of ether oxygens (including phenoxy) is 11. The molecule has 0 unspecified atom stereocenters. The van der Waals surface area contributed by atoms with Crippen molar-refractivity contribution >= 4 is 5.78 Å². The number of hydrogen-bond acceptors (Lipinski definition) is 33. The van der Waals surface area contributed by atoms with Crippen molar-refractivity contribution < 1.29 is 164 Å². The lowest BCUT2D eigenvalue weighted by Gasteiger charge is -2.44. The Kier molecular flexibility index (Phi) is 18.9. The third-order valence-corrected chi connectivity index (χ3v) is 14.0. The molecule has 0 amide bonds. The van der Waals surface area contributed by atoms with Crippen molar-refractivity contribution in [2.24, 2.45) is 0 Å². The second kappa shape index (κ2) is 24.5. The minimum Gasteiger partial charge on any atom is -0.508 e. The number of hydrogen-bond donors (Lipinski definition) is 21. The molecule has 6 aliphatic rings. The van der Waals surface area contributed by atoms with Crippen molar-refractivity contribution in [3.8, 4) is 34.5 Å². The summed E-state index contributed by atoms with van der Waals surface area (Å²) in [5, 5.41) is 221. The van der Waals surface area contributed by atoms with Gasteiger partial charge in [-0.05, 0) is 12.1 Å². The van der Waals surface area contributed by atoms with Gasteiger partial charge in [0.1, 0.15) is 145 Å². The van der Waals surface area contributed by atoms with Crippen LogP contribution in [0.3, 0.4) is 0 Å². The molecule has 0 aromatic heterocycles. The van der Waals surface area contributed by atoms with Gasteiger partial charge in [0, 0.05) is 17.7 Å². The van der Waals surface area contributed by atoms with E-state index in [1.165, 1.54) is 0 Å². The number of aliphatic hydroxyl groups excluding tert-OH is 17. The zero-order chi connectivity index (χ0) is 56.9. The van der Waals surface area contributed by atoms with Gasteiger partial charge in [-0.15, -0.1) is 0 Å². The van der Waals surface area contributed by atoms with Crippen LogP contribution in [0.4, 0.5) is 0 Å². The van der Waals surface area contributed by atoms with Crippen LogP contribution in [0, 0.1) is 0 Å². The van der Waals surface area contributed by atoms with E-state index in [1.54, 1.807) is 0 Å². The maximum Gasteiger partial charge on any atom is 0.229 e. The molecule has 0 saturated carbocycles. The number of carbonyl (C=O) groups excluding carboxylic acids is 1. The molecule has 0 spiro atoms. The maximum atomic E-state index is 12.9. The SMILES string of the molecule is O=C1c2c(O)cc(O)cc2O[C@H](c2cc(O)c(O[C@@H]3O[C@@H](CO[C@@H]4O[C@@H](CO[C@@H]5O[C@@H](CO[C@@H]6O[C@@H](CO[C@@H]7O[C@@H](CO)[C@H](O)[C@@H](O)[C@@H]7O)[C@H](O)[C@@H](O)[C@@H]6O)[C@H](O)[C@@H](O)[C@@H]5O)[C@H](O)[C@@H](O)[C@@H]4O)[C@H](O)[C@@H](O)[C@@H]3O)c(O)c2)[C@H]1O. The van der Waals surface area contributed by atoms with Crippen LogP contribution in [0.25, 0.3) is 0 Å². The molecule has 33 heteroatoms. The second-order valence-electron chi connectivity index (χ2n) is 19.3. The molecule has 6 heterocycles. The van der Waals surface area contributed by atoms with Crippen LogP contribution in [-0.2, 0) is 42.6 Å². The first kappa shape index (κ1) is 60.0. The van der Waals surface area contributed by atoms with E-state index in [4.69, 9.17) is 52.1 Å². The highest BCUT2D eigenvalue weighted by molar-refractivity contribution is 6.05. The summed E-state index contributed by atoms with van der Waals surface area (Å²) in [5.74, 6) is -5.18. The molecule has 21 N–H and O–H groups in total. The molecule has 8 rings (SSSR count). The largest absolute Gasteiger partial charge is 0.508 e. The second-order valence-corrected chi connectivity index (χ2v) is 19.3. The van der Waals surface area contributed by atoms with E-state index in [-0.39, 0.29) is 11.3 Å². The van der Waals surface area contributed by atoms with E-state index in [2.05, 4.69) is 0 Å². The maximum absolute atomic E-state index is 12.9. The third kappa shape index (κ3) is 11.9. The number of phenols is 4. The average Bonchev–Trinajstić information content (AvgIpc) is 3.40. The van der Waals surface area contributed by atoms with Crippen LogP contribution in [0.1, 0.15) is 22.0 Å². The van der Waals surface area contributed by atoms with E-state index in [9.17, 15) is 112 Å². The smallest absolute Gasteiger partial charge is 0.229 e. The van der Waals surface area contributed by atoms with Gasteiger partial charge >= 0.3 is 0 Å². The molecule has 33 nitrogen and oxygen atoms in total. The van der Waals surface area contributed by atoms with Crippen molar-refractivity contribution in [2.75, 3.05) is 33.0 Å². The highest BCUT2D eigenvalue weighted by Crippen LogP contribution is 2.46. The Hall–Kier alpha value is -4.13. The summed E-state index contributed by atoms with van der Waals surface area (Å²) < 4.78 is 60.7. The Morgan fingerprint density at radius 3 is 1.10 bits per heavy atom. The van der Waals surface area contributed by atoms with Crippen molar-refractivity contribution in [3.63, 3.8) is 0 Å². The van der Waals surface area contributed by atoms with Gasteiger partial charge in [-0.2, -0.15) is 0 Å². The van der Waals surface area contributed by atoms with Crippen LogP contribution >= 0.6 is 0 Å². The van der Waals surface area contributed by atoms with Gasteiger partial charge in [0.2, 0.25) is 17.8 Å². The first-order valence-corrected chi connectivity index (χ1v) is 24.1. The molecule has 0 aliphatic carbocycles. The number of benzene rings is 2. The molecule has 0 radical (unpaired) electrons. The lowest BCUT2D eigenvalue weighted by atomic mass is 9.92. The number of fused-ring (bicyclic) bond motifs is 1. The predicted octanol–water partition coefficient (Wildman–Crippen LogP) is -10.3. The number of carbonyl (C=O) groups is 1. The van der Waals surface area contributed by atoms with Crippen molar-refractivity contribution in [3.05, 3.63) is 35.4 Å². The summed E-state index contributed by atoms with van der Waals surface area (Å²) in [6.07, 6.45) is -50.4. The van der Waals surface area contributed by atoms with Gasteiger partial charge < -0.3 is 159 Å². The monoisotopic (exact) mass is 1130 g/mol. The molecule has 78 heavy (non-hydrogen) atoms. The van der Waals surface area contributed by atoms with Crippen LogP contribution in [0.2, 0.25) is 0 Å². The van der Waals surface area contributed by atoms with Crippen LogP contribution in [0.15, 0.2) is 24.3 Å². The van der Waals surface area contributed by atoms with Crippen LogP contribution in [0.5, 0.6) is 34.5 Å². The highest BCUT2D eigenvalue weighted by Gasteiger charge is 2.52. The van der Waals surface area contributed by atoms with Gasteiger partial charge in [0.05, 0.1) is 33.0 Å². The molecule has 6 aliphatic heterocycles. The van der Waals surface area contributed by atoms with E-state index >= 15 is 0 Å². The Labute approximate surface area is 438 Å². The Morgan fingerprint density at radius 2 is 0.731 bits per heavy atom. The summed E-state index contributed by atoms with van der Waals surface area (Å²) in [4.78, 5) is 12.9. The quantitative estimate of drug-likeness (QED) is 0.0742. The van der Waals surface area contributed by atoms with Gasteiger partial charge in [-0.3, -0.25) is 4.79 Å². The lowest BCUT2D eigenvalue weighted by Crippen LogP contribution is -2.63. The minimum absolute atomic E-state index is 0.231. The number of ketones is 1. The fourth-order valence-electron chi connectivity index (χ4n) is 9.38. The summed E-state index contributed by atoms with van der Waals surface area (Å²) in [6.45, 7) is -4.01. The molecule has 5 fully saturated rings. The van der Waals surface area contributed by atoms with Gasteiger partial charge in [-0.1, -0.05) is 0 Å². The van der Waals surface area contributed by atoms with Crippen molar-refractivity contribution in [2.45, 2.75) is 166 Å². The van der Waals surface area contributed by atoms with Crippen molar-refractivity contribution in [1.29, 1.82) is 0 Å². The molecule has 5 saturated heterocycles. The lowest BCUT2D eigenvalue weighted by molar-refractivity contribution is -0.349. The Bertz CT molecular complexity index is 2320. The zero-order valence-corrected chi connectivity index (χ0v) is 40.2. The van der Waals surface area contributed by atoms with E-state index < -0.39 is 239 Å². The molecule has 27 atom stereocenters. The first-order valence-electron chi connectivity index (χ1n) is 24.1.